The average molecular weight is 435 g/mol. The van der Waals surface area contributed by atoms with Crippen LogP contribution in [0, 0.1) is 0 Å². The minimum Gasteiger partial charge on any atom is -0.452 e. The number of imide groups is 1. The third-order valence-electron chi connectivity index (χ3n) is 4.67. The molecule has 1 aliphatic rings. The molecule has 0 saturated heterocycles. The largest absolute Gasteiger partial charge is 0.452 e. The van der Waals surface area contributed by atoms with Crippen LogP contribution in [0.4, 0.5) is 5.69 Å². The van der Waals surface area contributed by atoms with Gasteiger partial charge in [-0.1, -0.05) is 6.08 Å². The summed E-state index contributed by atoms with van der Waals surface area (Å²) in [5.41, 5.74) is 1.25. The van der Waals surface area contributed by atoms with Crippen molar-refractivity contribution in [2.45, 2.75) is 0 Å². The molecule has 1 N–H and O–H groups in total. The van der Waals surface area contributed by atoms with Crippen LogP contribution in [-0.2, 0) is 9.53 Å². The molecule has 9 nitrogen and oxygen atoms in total. The highest BCUT2D eigenvalue weighted by Crippen LogP contribution is 2.24. The van der Waals surface area contributed by atoms with E-state index in [9.17, 15) is 24.0 Å². The van der Waals surface area contributed by atoms with Crippen LogP contribution in [0.15, 0.2) is 55.1 Å². The Balaban J connectivity index is 1.59. The first-order chi connectivity index (χ1) is 15.2. The molecule has 0 bridgehead atoms. The Morgan fingerprint density at radius 3 is 2.25 bits per heavy atom. The number of nitrogens with zero attached hydrogens (tertiary/aromatic N) is 2. The zero-order chi connectivity index (χ0) is 23.4. The first-order valence-electron chi connectivity index (χ1n) is 9.62. The van der Waals surface area contributed by atoms with Crippen molar-refractivity contribution in [1.82, 2.24) is 9.80 Å². The van der Waals surface area contributed by atoms with Gasteiger partial charge in [0.2, 0.25) is 0 Å². The van der Waals surface area contributed by atoms with Crippen LogP contribution in [0.5, 0.6) is 0 Å². The molecule has 1 heterocycles. The number of benzene rings is 2. The highest BCUT2D eigenvalue weighted by atomic mass is 16.5. The number of hydrogen-bond donors (Lipinski definition) is 1. The van der Waals surface area contributed by atoms with E-state index in [1.54, 1.807) is 38.4 Å². The number of anilines is 1. The van der Waals surface area contributed by atoms with E-state index in [0.717, 1.165) is 4.90 Å². The lowest BCUT2D eigenvalue weighted by Gasteiger charge is -2.11. The zero-order valence-corrected chi connectivity index (χ0v) is 17.6. The van der Waals surface area contributed by atoms with Crippen LogP contribution in [-0.4, -0.2) is 66.6 Å². The van der Waals surface area contributed by atoms with Crippen LogP contribution >= 0.6 is 0 Å². The van der Waals surface area contributed by atoms with E-state index in [4.69, 9.17) is 4.74 Å². The first-order valence-corrected chi connectivity index (χ1v) is 9.62. The fraction of sp³-hybridized carbons (Fsp3) is 0.174. The van der Waals surface area contributed by atoms with Crippen LogP contribution < -0.4 is 5.32 Å². The van der Waals surface area contributed by atoms with Gasteiger partial charge in [-0.15, -0.1) is 6.58 Å². The number of esters is 1. The third-order valence-corrected chi connectivity index (χ3v) is 4.67. The summed E-state index contributed by atoms with van der Waals surface area (Å²) in [6, 6.07) is 10.3. The second kappa shape index (κ2) is 9.25. The van der Waals surface area contributed by atoms with E-state index in [2.05, 4.69) is 11.9 Å². The summed E-state index contributed by atoms with van der Waals surface area (Å²) in [4.78, 5) is 63.3. The van der Waals surface area contributed by atoms with Gasteiger partial charge in [-0.2, -0.15) is 0 Å². The smallest absolute Gasteiger partial charge is 0.338 e. The molecule has 0 atom stereocenters. The van der Waals surface area contributed by atoms with Gasteiger partial charge < -0.3 is 15.0 Å². The fourth-order valence-electron chi connectivity index (χ4n) is 3.08. The molecule has 32 heavy (non-hydrogen) atoms. The van der Waals surface area contributed by atoms with Gasteiger partial charge in [0.1, 0.15) is 0 Å². The highest BCUT2D eigenvalue weighted by Gasteiger charge is 2.35. The van der Waals surface area contributed by atoms with Crippen LogP contribution in [0.2, 0.25) is 0 Å². The maximum absolute atomic E-state index is 12.4. The van der Waals surface area contributed by atoms with Crippen LogP contribution in [0.1, 0.15) is 41.4 Å². The van der Waals surface area contributed by atoms with Gasteiger partial charge in [0.25, 0.3) is 23.6 Å². The zero-order valence-electron chi connectivity index (χ0n) is 17.6. The average Bonchev–Trinajstić information content (AvgIpc) is 3.02. The van der Waals surface area contributed by atoms with Gasteiger partial charge in [0.05, 0.1) is 16.7 Å². The Labute approximate surface area is 184 Å². The summed E-state index contributed by atoms with van der Waals surface area (Å²) in [5, 5.41) is 2.56. The second-order valence-corrected chi connectivity index (χ2v) is 7.17. The second-order valence-electron chi connectivity index (χ2n) is 7.17. The summed E-state index contributed by atoms with van der Waals surface area (Å²) in [6.45, 7) is 3.03. The molecule has 0 aliphatic carbocycles. The number of amides is 4. The number of fused-ring (bicyclic) bond motifs is 1. The van der Waals surface area contributed by atoms with E-state index in [0.29, 0.717) is 11.3 Å². The Kier molecular flexibility index (Phi) is 6.48. The van der Waals surface area contributed by atoms with Crippen molar-refractivity contribution in [2.24, 2.45) is 0 Å². The molecule has 9 heteroatoms. The molecule has 0 fully saturated rings. The monoisotopic (exact) mass is 435 g/mol. The summed E-state index contributed by atoms with van der Waals surface area (Å²) in [5.74, 6) is -2.53. The predicted octanol–water partition coefficient (Wildman–Crippen LogP) is 1.97. The lowest BCUT2D eigenvalue weighted by Crippen LogP contribution is -2.29. The summed E-state index contributed by atoms with van der Waals surface area (Å²) in [6.07, 6.45) is 1.43. The van der Waals surface area contributed by atoms with Gasteiger partial charge >= 0.3 is 5.97 Å². The van der Waals surface area contributed by atoms with Crippen molar-refractivity contribution in [3.05, 3.63) is 77.4 Å². The van der Waals surface area contributed by atoms with Crippen LogP contribution in [0.25, 0.3) is 0 Å². The first kappa shape index (κ1) is 22.4. The number of ether oxygens (including phenoxy) is 1. The number of carbonyl (C=O) groups is 5. The molecule has 0 aromatic heterocycles. The molecule has 1 aliphatic heterocycles. The maximum Gasteiger partial charge on any atom is 0.338 e. The fourth-order valence-corrected chi connectivity index (χ4v) is 3.08. The molecule has 164 valence electrons. The van der Waals surface area contributed by atoms with Crippen molar-refractivity contribution >= 4 is 35.3 Å². The van der Waals surface area contributed by atoms with E-state index in [-0.39, 0.29) is 29.1 Å². The molecule has 2 aromatic carbocycles. The molecular formula is C23H21N3O6. The topological polar surface area (TPSA) is 113 Å². The van der Waals surface area contributed by atoms with E-state index in [1.807, 2.05) is 0 Å². The SMILES string of the molecule is C=CCN1C(=O)c2ccc(C(=O)OCC(=O)Nc3ccc(C(=O)N(C)C)cc3)cc2C1=O. The Hall–Kier alpha value is -4.27. The molecule has 0 radical (unpaired) electrons. The Morgan fingerprint density at radius 2 is 1.62 bits per heavy atom. The lowest BCUT2D eigenvalue weighted by molar-refractivity contribution is -0.119. The molecular weight excluding hydrogens is 414 g/mol. The number of carbonyl (C=O) groups excluding carboxylic acids is 5. The minimum atomic E-state index is -0.808. The minimum absolute atomic E-state index is 0.0460. The molecule has 3 rings (SSSR count). The summed E-state index contributed by atoms with van der Waals surface area (Å²) < 4.78 is 5.01. The lowest BCUT2D eigenvalue weighted by atomic mass is 10.1. The van der Waals surface area contributed by atoms with Crippen molar-refractivity contribution in [1.29, 1.82) is 0 Å². The van der Waals surface area contributed by atoms with Gasteiger partial charge in [-0.05, 0) is 42.5 Å². The van der Waals surface area contributed by atoms with Crippen molar-refractivity contribution in [3.63, 3.8) is 0 Å². The standard InChI is InChI=1S/C23H21N3O6/c1-4-11-26-21(29)17-10-7-15(12-18(17)22(26)30)23(31)32-13-19(27)24-16-8-5-14(6-9-16)20(28)25(2)3/h4-10,12H,1,11,13H2,2-3H3,(H,24,27). The van der Waals surface area contributed by atoms with Gasteiger partial charge in [-0.3, -0.25) is 24.1 Å². The van der Waals surface area contributed by atoms with E-state index < -0.39 is 30.3 Å². The molecule has 4 amide bonds. The van der Waals surface area contributed by atoms with E-state index in [1.165, 1.54) is 29.2 Å². The number of rotatable bonds is 7. The molecule has 0 saturated carbocycles. The highest BCUT2D eigenvalue weighted by molar-refractivity contribution is 6.22. The van der Waals surface area contributed by atoms with Gasteiger partial charge in [-0.25, -0.2) is 4.79 Å². The summed E-state index contributed by atoms with van der Waals surface area (Å²) >= 11 is 0. The maximum atomic E-state index is 12.4. The molecule has 0 spiro atoms. The summed E-state index contributed by atoms with van der Waals surface area (Å²) in [7, 11) is 3.27. The number of hydrogen-bond acceptors (Lipinski definition) is 6. The number of nitrogens with one attached hydrogen (secondary N) is 1. The predicted molar refractivity (Wildman–Crippen MR) is 115 cm³/mol. The quantitative estimate of drug-likeness (QED) is 0.404. The van der Waals surface area contributed by atoms with Gasteiger partial charge in [0, 0.05) is 31.9 Å². The van der Waals surface area contributed by atoms with Crippen molar-refractivity contribution in [2.75, 3.05) is 32.6 Å². The molecule has 2 aromatic rings. The Bertz CT molecular complexity index is 1120. The van der Waals surface area contributed by atoms with Crippen molar-refractivity contribution in [3.8, 4) is 0 Å². The molecule has 0 unspecified atom stereocenters. The normalized spacial score (nSPS) is 12.2. The Morgan fingerprint density at radius 1 is 1.00 bits per heavy atom. The van der Waals surface area contributed by atoms with Crippen molar-refractivity contribution < 1.29 is 28.7 Å². The van der Waals surface area contributed by atoms with Gasteiger partial charge in [0.15, 0.2) is 6.61 Å². The third kappa shape index (κ3) is 4.56. The van der Waals surface area contributed by atoms with E-state index >= 15 is 0 Å². The van der Waals surface area contributed by atoms with Crippen LogP contribution in [0.3, 0.4) is 0 Å².